The van der Waals surface area contributed by atoms with Gasteiger partial charge in [-0.3, -0.25) is 0 Å². The summed E-state index contributed by atoms with van der Waals surface area (Å²) in [6, 6.07) is 4.23. The van der Waals surface area contributed by atoms with Crippen molar-refractivity contribution in [1.29, 1.82) is 0 Å². The minimum absolute atomic E-state index is 0.0438. The van der Waals surface area contributed by atoms with E-state index in [9.17, 15) is 0 Å². The topological polar surface area (TPSA) is 30.5 Å². The summed E-state index contributed by atoms with van der Waals surface area (Å²) in [5.74, 6) is 0. The quantitative estimate of drug-likeness (QED) is 0.521. The minimum atomic E-state index is -0.0438. The third-order valence-electron chi connectivity index (χ3n) is 2.43. The molecule has 0 spiro atoms. The molecule has 1 N–H and O–H groups in total. The fourth-order valence-electron chi connectivity index (χ4n) is 1.64. The van der Waals surface area contributed by atoms with E-state index in [0.29, 0.717) is 13.2 Å². The molecule has 1 heterocycles. The van der Waals surface area contributed by atoms with E-state index < -0.39 is 0 Å². The van der Waals surface area contributed by atoms with Gasteiger partial charge in [-0.05, 0) is 61.3 Å². The van der Waals surface area contributed by atoms with Gasteiger partial charge in [0.05, 0.1) is 3.79 Å². The van der Waals surface area contributed by atoms with Crippen LogP contribution in [0.1, 0.15) is 31.6 Å². The Kier molecular flexibility index (Phi) is 8.88. The number of hydrogen-bond donors (Lipinski definition) is 1. The lowest BCUT2D eigenvalue weighted by molar-refractivity contribution is -0.139. The summed E-state index contributed by atoms with van der Waals surface area (Å²) in [5.41, 5.74) is 0. The summed E-state index contributed by atoms with van der Waals surface area (Å²) in [7, 11) is 0. The fraction of sp³-hybridized carbons (Fsp3) is 0.692. The zero-order valence-electron chi connectivity index (χ0n) is 11.1. The number of nitrogens with one attached hydrogen (secondary N) is 1. The average Bonchev–Trinajstić information content (AvgIpc) is 2.75. The molecule has 5 heteroatoms. The van der Waals surface area contributed by atoms with Gasteiger partial charge < -0.3 is 14.8 Å². The molecule has 1 aromatic rings. The van der Waals surface area contributed by atoms with Crippen molar-refractivity contribution in [2.75, 3.05) is 19.8 Å². The summed E-state index contributed by atoms with van der Waals surface area (Å²) in [4.78, 5) is 1.35. The molecule has 104 valence electrons. The van der Waals surface area contributed by atoms with Gasteiger partial charge in [-0.1, -0.05) is 0 Å². The highest BCUT2D eigenvalue weighted by atomic mass is 79.9. The number of rotatable bonds is 10. The Bertz CT molecular complexity index is 314. The maximum Gasteiger partial charge on any atom is 0.157 e. The maximum absolute atomic E-state index is 5.50. The maximum atomic E-state index is 5.50. The van der Waals surface area contributed by atoms with Gasteiger partial charge in [0, 0.05) is 24.6 Å². The van der Waals surface area contributed by atoms with Crippen molar-refractivity contribution in [3.63, 3.8) is 0 Å². The molecule has 0 unspecified atom stereocenters. The lowest BCUT2D eigenvalue weighted by Crippen LogP contribution is -2.20. The van der Waals surface area contributed by atoms with Crippen LogP contribution in [0.15, 0.2) is 15.9 Å². The molecule has 1 rings (SSSR count). The Balaban J connectivity index is 2.06. The number of halogens is 1. The van der Waals surface area contributed by atoms with Crippen LogP contribution in [0, 0.1) is 0 Å². The van der Waals surface area contributed by atoms with Crippen LogP contribution in [0.25, 0.3) is 0 Å². The average molecular weight is 336 g/mol. The molecule has 0 atom stereocenters. The zero-order chi connectivity index (χ0) is 13.2. The third kappa shape index (κ3) is 6.85. The third-order valence-corrected chi connectivity index (χ3v) is 4.05. The van der Waals surface area contributed by atoms with Crippen molar-refractivity contribution >= 4 is 27.3 Å². The van der Waals surface area contributed by atoms with Crippen molar-refractivity contribution in [1.82, 2.24) is 5.32 Å². The van der Waals surface area contributed by atoms with E-state index in [1.807, 2.05) is 13.8 Å². The lowest BCUT2D eigenvalue weighted by Gasteiger charge is -2.16. The van der Waals surface area contributed by atoms with E-state index in [1.165, 1.54) is 8.66 Å². The molecule has 0 fully saturated rings. The molecule has 0 aliphatic carbocycles. The van der Waals surface area contributed by atoms with Crippen LogP contribution in [0.5, 0.6) is 0 Å². The second-order valence-electron chi connectivity index (χ2n) is 3.87. The van der Waals surface area contributed by atoms with Gasteiger partial charge in [0.1, 0.15) is 0 Å². The highest BCUT2D eigenvalue weighted by molar-refractivity contribution is 9.11. The summed E-state index contributed by atoms with van der Waals surface area (Å²) in [5, 5.41) is 3.43. The minimum Gasteiger partial charge on any atom is -0.353 e. The van der Waals surface area contributed by atoms with Crippen LogP contribution in [-0.4, -0.2) is 26.0 Å². The number of hydrogen-bond acceptors (Lipinski definition) is 4. The molecule has 0 aromatic carbocycles. The summed E-state index contributed by atoms with van der Waals surface area (Å²) in [6.45, 7) is 7.34. The molecular weight excluding hydrogens is 314 g/mol. The highest BCUT2D eigenvalue weighted by Gasteiger charge is 2.06. The Morgan fingerprint density at radius 3 is 2.56 bits per heavy atom. The van der Waals surface area contributed by atoms with E-state index in [1.54, 1.807) is 11.3 Å². The molecule has 18 heavy (non-hydrogen) atoms. The molecular formula is C13H22BrNO2S. The van der Waals surface area contributed by atoms with E-state index in [4.69, 9.17) is 9.47 Å². The Morgan fingerprint density at radius 2 is 2.00 bits per heavy atom. The molecule has 0 amide bonds. The van der Waals surface area contributed by atoms with Crippen molar-refractivity contribution < 1.29 is 9.47 Å². The molecule has 0 saturated carbocycles. The van der Waals surface area contributed by atoms with Crippen LogP contribution in [0.2, 0.25) is 0 Å². The van der Waals surface area contributed by atoms with E-state index in [0.717, 1.165) is 25.9 Å². The van der Waals surface area contributed by atoms with Crippen molar-refractivity contribution in [2.45, 2.75) is 39.5 Å². The number of thiophene rings is 1. The Morgan fingerprint density at radius 1 is 1.28 bits per heavy atom. The smallest absolute Gasteiger partial charge is 0.157 e. The molecule has 0 bridgehead atoms. The van der Waals surface area contributed by atoms with Gasteiger partial charge in [0.2, 0.25) is 0 Å². The fourth-order valence-corrected chi connectivity index (χ4v) is 3.09. The lowest BCUT2D eigenvalue weighted by atomic mass is 10.3. The second kappa shape index (κ2) is 9.92. The summed E-state index contributed by atoms with van der Waals surface area (Å²) >= 11 is 5.24. The molecule has 0 radical (unpaired) electrons. The molecule has 0 saturated heterocycles. The first-order valence-corrected chi connectivity index (χ1v) is 8.05. The second-order valence-corrected chi connectivity index (χ2v) is 6.41. The van der Waals surface area contributed by atoms with Crippen LogP contribution in [0.4, 0.5) is 0 Å². The first-order valence-electron chi connectivity index (χ1n) is 6.44. The van der Waals surface area contributed by atoms with Crippen molar-refractivity contribution in [3.8, 4) is 0 Å². The highest BCUT2D eigenvalue weighted by Crippen LogP contribution is 2.21. The molecule has 0 aliphatic rings. The SMILES string of the molecule is CCOC(CCCNCc1ccc(Br)s1)OCC. The van der Waals surface area contributed by atoms with E-state index in [-0.39, 0.29) is 6.29 Å². The monoisotopic (exact) mass is 335 g/mol. The predicted molar refractivity (Wildman–Crippen MR) is 80.0 cm³/mol. The van der Waals surface area contributed by atoms with Crippen molar-refractivity contribution in [3.05, 3.63) is 20.8 Å². The summed E-state index contributed by atoms with van der Waals surface area (Å²) in [6.07, 6.45) is 1.97. The van der Waals surface area contributed by atoms with E-state index >= 15 is 0 Å². The van der Waals surface area contributed by atoms with Crippen LogP contribution >= 0.6 is 27.3 Å². The van der Waals surface area contributed by atoms with Crippen LogP contribution in [0.3, 0.4) is 0 Å². The summed E-state index contributed by atoms with van der Waals surface area (Å²) < 4.78 is 12.2. The van der Waals surface area contributed by atoms with Crippen molar-refractivity contribution in [2.24, 2.45) is 0 Å². The normalized spacial score (nSPS) is 11.3. The standard InChI is InChI=1S/C13H22BrNO2S/c1-3-16-13(17-4-2)6-5-9-15-10-11-7-8-12(14)18-11/h7-8,13,15H,3-6,9-10H2,1-2H3. The van der Waals surface area contributed by atoms with Gasteiger partial charge in [-0.25, -0.2) is 0 Å². The number of ether oxygens (including phenoxy) is 2. The molecule has 0 aliphatic heterocycles. The van der Waals surface area contributed by atoms with Crippen LogP contribution in [-0.2, 0) is 16.0 Å². The van der Waals surface area contributed by atoms with Gasteiger partial charge in [0.15, 0.2) is 6.29 Å². The van der Waals surface area contributed by atoms with Gasteiger partial charge in [-0.15, -0.1) is 11.3 Å². The van der Waals surface area contributed by atoms with E-state index in [2.05, 4.69) is 33.4 Å². The largest absolute Gasteiger partial charge is 0.353 e. The first kappa shape index (κ1) is 16.1. The molecule has 1 aromatic heterocycles. The first-order chi connectivity index (χ1) is 8.76. The predicted octanol–water partition coefficient (Wildman–Crippen LogP) is 3.78. The Hall–Kier alpha value is 0.0600. The van der Waals surface area contributed by atoms with Gasteiger partial charge in [-0.2, -0.15) is 0 Å². The Labute approximate surface area is 122 Å². The van der Waals surface area contributed by atoms with Crippen LogP contribution < -0.4 is 5.32 Å². The molecule has 3 nitrogen and oxygen atoms in total. The van der Waals surface area contributed by atoms with Gasteiger partial charge >= 0.3 is 0 Å². The van der Waals surface area contributed by atoms with Gasteiger partial charge in [0.25, 0.3) is 0 Å². The zero-order valence-corrected chi connectivity index (χ0v) is 13.5.